The SMILES string of the molecule is CC1CCC(NC(=O)NS(=O)(=O)c2ccc(CC(=O)Cl)cc2)CC1. The molecule has 1 aromatic carbocycles. The summed E-state index contributed by atoms with van der Waals surface area (Å²) in [5.41, 5.74) is 0.606. The molecule has 0 aliphatic heterocycles. The van der Waals surface area contributed by atoms with Crippen LogP contribution < -0.4 is 10.0 Å². The second-order valence-corrected chi connectivity index (χ2v) is 8.32. The van der Waals surface area contributed by atoms with E-state index >= 15 is 0 Å². The first-order chi connectivity index (χ1) is 11.3. The third kappa shape index (κ3) is 5.49. The molecule has 2 N–H and O–H groups in total. The van der Waals surface area contributed by atoms with Crippen LogP contribution in [0, 0.1) is 5.92 Å². The van der Waals surface area contributed by atoms with E-state index in [1.807, 2.05) is 4.72 Å². The van der Waals surface area contributed by atoms with Crippen LogP contribution in [0.1, 0.15) is 38.2 Å². The summed E-state index contributed by atoms with van der Waals surface area (Å²) in [6.45, 7) is 2.17. The van der Waals surface area contributed by atoms with Gasteiger partial charge in [0.1, 0.15) is 0 Å². The maximum Gasteiger partial charge on any atom is 0.328 e. The van der Waals surface area contributed by atoms with Crippen molar-refractivity contribution >= 4 is 32.9 Å². The van der Waals surface area contributed by atoms with E-state index in [2.05, 4.69) is 12.2 Å². The van der Waals surface area contributed by atoms with Crippen molar-refractivity contribution in [1.82, 2.24) is 10.0 Å². The molecule has 1 saturated carbocycles. The zero-order valence-corrected chi connectivity index (χ0v) is 15.0. The van der Waals surface area contributed by atoms with Gasteiger partial charge < -0.3 is 5.32 Å². The minimum atomic E-state index is -3.95. The van der Waals surface area contributed by atoms with E-state index in [-0.39, 0.29) is 17.4 Å². The lowest BCUT2D eigenvalue weighted by molar-refractivity contribution is -0.111. The molecule has 0 spiro atoms. The number of carbonyl (C=O) groups excluding carboxylic acids is 2. The zero-order chi connectivity index (χ0) is 17.7. The van der Waals surface area contributed by atoms with Gasteiger partial charge in [-0.25, -0.2) is 17.9 Å². The number of sulfonamides is 1. The second kappa shape index (κ2) is 7.98. The van der Waals surface area contributed by atoms with E-state index in [1.165, 1.54) is 24.3 Å². The Hall–Kier alpha value is -1.60. The van der Waals surface area contributed by atoms with Gasteiger partial charge in [0.2, 0.25) is 5.24 Å². The number of halogens is 1. The topological polar surface area (TPSA) is 92.3 Å². The van der Waals surface area contributed by atoms with Crippen molar-refractivity contribution < 1.29 is 18.0 Å². The van der Waals surface area contributed by atoms with Crippen LogP contribution in [0.2, 0.25) is 0 Å². The molecule has 132 valence electrons. The molecule has 2 rings (SSSR count). The van der Waals surface area contributed by atoms with Crippen molar-refractivity contribution in [3.05, 3.63) is 29.8 Å². The first kappa shape index (κ1) is 18.7. The summed E-state index contributed by atoms with van der Waals surface area (Å²) in [7, 11) is -3.95. The summed E-state index contributed by atoms with van der Waals surface area (Å²) in [5, 5.41) is 2.19. The van der Waals surface area contributed by atoms with Crippen molar-refractivity contribution in [3.63, 3.8) is 0 Å². The Kier molecular flexibility index (Phi) is 6.23. The van der Waals surface area contributed by atoms with E-state index in [4.69, 9.17) is 11.6 Å². The fourth-order valence-corrected chi connectivity index (χ4v) is 3.82. The van der Waals surface area contributed by atoms with Crippen LogP contribution in [0.5, 0.6) is 0 Å². The Morgan fingerprint density at radius 1 is 1.12 bits per heavy atom. The number of urea groups is 1. The highest BCUT2D eigenvalue weighted by atomic mass is 35.5. The van der Waals surface area contributed by atoms with Crippen molar-refractivity contribution in [3.8, 4) is 0 Å². The standard InChI is InChI=1S/C16H21ClN2O4S/c1-11-2-6-13(7-3-11)18-16(21)19-24(22,23)14-8-4-12(5-9-14)10-15(17)20/h4-5,8-9,11,13H,2-3,6-7,10H2,1H3,(H2,18,19,21). The van der Waals surface area contributed by atoms with Crippen LogP contribution in [-0.2, 0) is 21.2 Å². The van der Waals surface area contributed by atoms with Gasteiger partial charge in [0, 0.05) is 12.5 Å². The first-order valence-corrected chi connectivity index (χ1v) is 9.73. The van der Waals surface area contributed by atoms with E-state index in [9.17, 15) is 18.0 Å². The third-order valence-corrected chi connectivity index (χ3v) is 5.64. The average Bonchev–Trinajstić information content (AvgIpc) is 2.49. The summed E-state index contributed by atoms with van der Waals surface area (Å²) in [4.78, 5) is 22.7. The van der Waals surface area contributed by atoms with Gasteiger partial charge in [-0.1, -0.05) is 19.1 Å². The van der Waals surface area contributed by atoms with Crippen molar-refractivity contribution in [2.45, 2.75) is 50.0 Å². The molecular formula is C16H21ClN2O4S. The predicted molar refractivity (Wildman–Crippen MR) is 91.3 cm³/mol. The summed E-state index contributed by atoms with van der Waals surface area (Å²) < 4.78 is 26.4. The Labute approximate surface area is 147 Å². The molecule has 6 nitrogen and oxygen atoms in total. The van der Waals surface area contributed by atoms with Gasteiger partial charge >= 0.3 is 6.03 Å². The fraction of sp³-hybridized carbons (Fsp3) is 0.500. The number of hydrogen-bond donors (Lipinski definition) is 2. The summed E-state index contributed by atoms with van der Waals surface area (Å²) >= 11 is 5.29. The van der Waals surface area contributed by atoms with Gasteiger partial charge in [-0.15, -0.1) is 0 Å². The molecule has 0 atom stereocenters. The predicted octanol–water partition coefficient (Wildman–Crippen LogP) is 2.56. The highest BCUT2D eigenvalue weighted by molar-refractivity contribution is 7.90. The summed E-state index contributed by atoms with van der Waals surface area (Å²) in [5.74, 6) is 0.647. The number of rotatable bonds is 5. The number of nitrogens with one attached hydrogen (secondary N) is 2. The molecule has 0 heterocycles. The molecule has 2 amide bonds. The Morgan fingerprint density at radius 2 is 1.71 bits per heavy atom. The third-order valence-electron chi connectivity index (χ3n) is 4.15. The van der Waals surface area contributed by atoms with Crippen molar-refractivity contribution in [2.75, 3.05) is 0 Å². The van der Waals surface area contributed by atoms with Crippen LogP contribution in [-0.4, -0.2) is 25.7 Å². The number of carbonyl (C=O) groups is 2. The number of amides is 2. The van der Waals surface area contributed by atoms with Gasteiger partial charge in [0.05, 0.1) is 4.90 Å². The molecule has 1 aromatic rings. The second-order valence-electron chi connectivity index (χ2n) is 6.21. The van der Waals surface area contributed by atoms with Crippen LogP contribution >= 0.6 is 11.6 Å². The molecule has 1 fully saturated rings. The lowest BCUT2D eigenvalue weighted by Crippen LogP contribution is -2.45. The van der Waals surface area contributed by atoms with E-state index in [0.29, 0.717) is 11.5 Å². The monoisotopic (exact) mass is 372 g/mol. The smallest absolute Gasteiger partial charge is 0.328 e. The highest BCUT2D eigenvalue weighted by Gasteiger charge is 2.23. The highest BCUT2D eigenvalue weighted by Crippen LogP contribution is 2.23. The Morgan fingerprint density at radius 3 is 2.25 bits per heavy atom. The molecular weight excluding hydrogens is 352 g/mol. The number of hydrogen-bond acceptors (Lipinski definition) is 4. The minimum Gasteiger partial charge on any atom is -0.335 e. The molecule has 0 saturated heterocycles. The maximum atomic E-state index is 12.2. The average molecular weight is 373 g/mol. The van der Waals surface area contributed by atoms with Gasteiger partial charge in [-0.2, -0.15) is 0 Å². The van der Waals surface area contributed by atoms with Crippen LogP contribution in [0.15, 0.2) is 29.2 Å². The van der Waals surface area contributed by atoms with Crippen LogP contribution in [0.4, 0.5) is 4.79 Å². The van der Waals surface area contributed by atoms with E-state index in [1.54, 1.807) is 0 Å². The van der Waals surface area contributed by atoms with Gasteiger partial charge in [-0.05, 0) is 60.9 Å². The molecule has 8 heteroatoms. The van der Waals surface area contributed by atoms with E-state index in [0.717, 1.165) is 25.7 Å². The minimum absolute atomic E-state index is 0.00788. The zero-order valence-electron chi connectivity index (χ0n) is 13.4. The molecule has 0 radical (unpaired) electrons. The van der Waals surface area contributed by atoms with Gasteiger partial charge in [0.25, 0.3) is 10.0 Å². The largest absolute Gasteiger partial charge is 0.335 e. The number of benzene rings is 1. The Balaban J connectivity index is 1.94. The quantitative estimate of drug-likeness (QED) is 0.777. The molecule has 24 heavy (non-hydrogen) atoms. The Bertz CT molecular complexity index is 695. The van der Waals surface area contributed by atoms with Crippen molar-refractivity contribution in [2.24, 2.45) is 5.92 Å². The maximum absolute atomic E-state index is 12.2. The lowest BCUT2D eigenvalue weighted by atomic mass is 9.87. The summed E-state index contributed by atoms with van der Waals surface area (Å²) in [6, 6.07) is 4.97. The fourth-order valence-electron chi connectivity index (χ4n) is 2.75. The lowest BCUT2D eigenvalue weighted by Gasteiger charge is -2.26. The van der Waals surface area contributed by atoms with Crippen LogP contribution in [0.3, 0.4) is 0 Å². The van der Waals surface area contributed by atoms with E-state index < -0.39 is 21.3 Å². The molecule has 0 aromatic heterocycles. The van der Waals surface area contributed by atoms with Gasteiger partial charge in [0.15, 0.2) is 0 Å². The van der Waals surface area contributed by atoms with Crippen LogP contribution in [0.25, 0.3) is 0 Å². The van der Waals surface area contributed by atoms with Crippen molar-refractivity contribution in [1.29, 1.82) is 0 Å². The molecule has 1 aliphatic carbocycles. The normalized spacial score (nSPS) is 21.1. The molecule has 0 bridgehead atoms. The molecule has 0 unspecified atom stereocenters. The first-order valence-electron chi connectivity index (χ1n) is 7.87. The molecule has 1 aliphatic rings. The van der Waals surface area contributed by atoms with Gasteiger partial charge in [-0.3, -0.25) is 4.79 Å². The summed E-state index contributed by atoms with van der Waals surface area (Å²) in [6.07, 6.45) is 3.79.